The van der Waals surface area contributed by atoms with Gasteiger partial charge in [0.15, 0.2) is 0 Å². The van der Waals surface area contributed by atoms with Gasteiger partial charge in [0, 0.05) is 36.6 Å². The fourth-order valence-electron chi connectivity index (χ4n) is 4.11. The highest BCUT2D eigenvalue weighted by Gasteiger charge is 2.35. The number of anilines is 2. The van der Waals surface area contributed by atoms with E-state index in [1.54, 1.807) is 12.1 Å². The third kappa shape index (κ3) is 3.62. The molecule has 2 aromatic heterocycles. The third-order valence-corrected chi connectivity index (χ3v) is 5.75. The van der Waals surface area contributed by atoms with Crippen molar-refractivity contribution in [2.45, 2.75) is 13.3 Å². The minimum absolute atomic E-state index is 0.0814. The molecule has 1 fully saturated rings. The van der Waals surface area contributed by atoms with E-state index < -0.39 is 11.7 Å². The first kappa shape index (κ1) is 19.9. The lowest BCUT2D eigenvalue weighted by molar-refractivity contribution is -0.122. The van der Waals surface area contributed by atoms with Gasteiger partial charge in [-0.15, -0.1) is 0 Å². The van der Waals surface area contributed by atoms with Crippen LogP contribution in [-0.2, 0) is 9.59 Å². The molecule has 2 amide bonds. The van der Waals surface area contributed by atoms with E-state index in [0.717, 1.165) is 22.5 Å². The summed E-state index contributed by atoms with van der Waals surface area (Å²) in [5, 5.41) is 2.97. The number of benzene rings is 2. The number of nitrogens with zero attached hydrogens (tertiary/aromatic N) is 3. The summed E-state index contributed by atoms with van der Waals surface area (Å²) >= 11 is 0. The van der Waals surface area contributed by atoms with Gasteiger partial charge >= 0.3 is 0 Å². The monoisotopic (exact) mass is 428 g/mol. The smallest absolute Gasteiger partial charge is 0.229 e. The summed E-state index contributed by atoms with van der Waals surface area (Å²) < 4.78 is 15.5. The zero-order valence-corrected chi connectivity index (χ0v) is 17.5. The molecule has 2 aromatic carbocycles. The number of carbonyl (C=O) groups is 2. The van der Waals surface area contributed by atoms with Crippen molar-refractivity contribution in [2.24, 2.45) is 5.92 Å². The zero-order chi connectivity index (χ0) is 22.2. The summed E-state index contributed by atoms with van der Waals surface area (Å²) in [6.45, 7) is 2.21. The zero-order valence-electron chi connectivity index (χ0n) is 17.5. The second-order valence-corrected chi connectivity index (χ2v) is 7.97. The van der Waals surface area contributed by atoms with E-state index in [1.807, 2.05) is 60.1 Å². The first-order valence-electron chi connectivity index (χ1n) is 10.4. The molecule has 1 saturated heterocycles. The highest BCUT2D eigenvalue weighted by molar-refractivity contribution is 6.04. The number of carbonyl (C=O) groups excluding carboxylic acids is 2. The predicted molar refractivity (Wildman–Crippen MR) is 121 cm³/mol. The molecule has 6 nitrogen and oxygen atoms in total. The number of halogens is 1. The summed E-state index contributed by atoms with van der Waals surface area (Å²) in [4.78, 5) is 31.7. The van der Waals surface area contributed by atoms with Crippen molar-refractivity contribution in [3.8, 4) is 11.3 Å². The van der Waals surface area contributed by atoms with Gasteiger partial charge in [-0.25, -0.2) is 9.37 Å². The van der Waals surface area contributed by atoms with Crippen LogP contribution in [-0.4, -0.2) is 27.7 Å². The molecule has 3 heterocycles. The summed E-state index contributed by atoms with van der Waals surface area (Å²) in [6, 6.07) is 17.3. The number of hydrogen-bond acceptors (Lipinski definition) is 3. The van der Waals surface area contributed by atoms with Gasteiger partial charge in [0.05, 0.1) is 17.3 Å². The number of rotatable bonds is 4. The van der Waals surface area contributed by atoms with E-state index in [-0.39, 0.29) is 24.8 Å². The number of nitrogens with one attached hydrogen (secondary N) is 1. The van der Waals surface area contributed by atoms with E-state index in [4.69, 9.17) is 4.98 Å². The quantitative estimate of drug-likeness (QED) is 0.523. The fraction of sp³-hybridized carbons (Fsp3) is 0.160. The minimum Gasteiger partial charge on any atom is -0.325 e. The SMILES string of the molecule is Cc1cccn2cc(-c3ccccc3NC(=O)C3CC(=O)N(c4cccc(F)c4)C3)nc12. The summed E-state index contributed by atoms with van der Waals surface area (Å²) in [5.74, 6) is -1.38. The molecule has 0 radical (unpaired) electrons. The van der Waals surface area contributed by atoms with Gasteiger partial charge in [0.2, 0.25) is 11.8 Å². The second-order valence-electron chi connectivity index (χ2n) is 7.97. The molecule has 1 atom stereocenters. The van der Waals surface area contributed by atoms with Crippen LogP contribution >= 0.6 is 0 Å². The maximum absolute atomic E-state index is 13.6. The molecular weight excluding hydrogens is 407 g/mol. The highest BCUT2D eigenvalue weighted by Crippen LogP contribution is 2.30. The lowest BCUT2D eigenvalue weighted by Crippen LogP contribution is -2.28. The van der Waals surface area contributed by atoms with Crippen LogP contribution in [0.2, 0.25) is 0 Å². The van der Waals surface area contributed by atoms with Crippen LogP contribution in [0, 0.1) is 18.7 Å². The van der Waals surface area contributed by atoms with E-state index in [0.29, 0.717) is 11.4 Å². The Morgan fingerprint density at radius 3 is 2.78 bits per heavy atom. The molecule has 5 rings (SSSR count). The Balaban J connectivity index is 1.38. The average molecular weight is 428 g/mol. The van der Waals surface area contributed by atoms with Crippen molar-refractivity contribution in [3.63, 3.8) is 0 Å². The van der Waals surface area contributed by atoms with Crippen molar-refractivity contribution < 1.29 is 14.0 Å². The maximum Gasteiger partial charge on any atom is 0.229 e. The Bertz CT molecular complexity index is 1350. The summed E-state index contributed by atoms with van der Waals surface area (Å²) in [5.41, 5.74) is 4.56. The maximum atomic E-state index is 13.6. The van der Waals surface area contributed by atoms with Gasteiger partial charge in [0.25, 0.3) is 0 Å². The van der Waals surface area contributed by atoms with Crippen LogP contribution in [0.15, 0.2) is 73.1 Å². The van der Waals surface area contributed by atoms with Crippen molar-refractivity contribution in [1.29, 1.82) is 0 Å². The Hall–Kier alpha value is -4.00. The van der Waals surface area contributed by atoms with Crippen molar-refractivity contribution in [3.05, 3.63) is 84.4 Å². The molecule has 0 spiro atoms. The first-order valence-corrected chi connectivity index (χ1v) is 10.4. The standard InChI is InChI=1S/C25H21FN4O2/c1-16-6-5-11-29-15-22(27-24(16)29)20-9-2-3-10-21(20)28-25(32)17-12-23(31)30(14-17)19-8-4-7-18(26)13-19/h2-11,13,15,17H,12,14H2,1H3,(H,28,32). The van der Waals surface area contributed by atoms with Gasteiger partial charge in [-0.2, -0.15) is 0 Å². The van der Waals surface area contributed by atoms with Crippen molar-refractivity contribution in [1.82, 2.24) is 9.38 Å². The van der Waals surface area contributed by atoms with Crippen LogP contribution in [0.5, 0.6) is 0 Å². The van der Waals surface area contributed by atoms with E-state index in [9.17, 15) is 14.0 Å². The third-order valence-electron chi connectivity index (χ3n) is 5.75. The second kappa shape index (κ2) is 7.92. The van der Waals surface area contributed by atoms with Gasteiger partial charge < -0.3 is 14.6 Å². The van der Waals surface area contributed by atoms with Crippen LogP contribution in [0.1, 0.15) is 12.0 Å². The Morgan fingerprint density at radius 1 is 1.12 bits per heavy atom. The summed E-state index contributed by atoms with van der Waals surface area (Å²) in [7, 11) is 0. The number of hydrogen-bond donors (Lipinski definition) is 1. The van der Waals surface area contributed by atoms with E-state index in [2.05, 4.69) is 5.32 Å². The Kier molecular flexibility index (Phi) is 4.93. The van der Waals surface area contributed by atoms with Gasteiger partial charge in [0.1, 0.15) is 11.5 Å². The van der Waals surface area contributed by atoms with Crippen LogP contribution in [0.4, 0.5) is 15.8 Å². The minimum atomic E-state index is -0.526. The van der Waals surface area contributed by atoms with Gasteiger partial charge in [-0.05, 0) is 42.8 Å². The molecule has 1 N–H and O–H groups in total. The largest absolute Gasteiger partial charge is 0.325 e. The van der Waals surface area contributed by atoms with Gasteiger partial charge in [-0.3, -0.25) is 9.59 Å². The molecular formula is C25H21FN4O2. The average Bonchev–Trinajstić information content (AvgIpc) is 3.39. The lowest BCUT2D eigenvalue weighted by atomic mass is 10.1. The van der Waals surface area contributed by atoms with Crippen molar-refractivity contribution >= 4 is 28.8 Å². The predicted octanol–water partition coefficient (Wildman–Crippen LogP) is 4.44. The molecule has 0 bridgehead atoms. The lowest BCUT2D eigenvalue weighted by Gasteiger charge is -2.17. The fourth-order valence-corrected chi connectivity index (χ4v) is 4.11. The highest BCUT2D eigenvalue weighted by atomic mass is 19.1. The number of aryl methyl sites for hydroxylation is 1. The normalized spacial score (nSPS) is 16.0. The van der Waals surface area contributed by atoms with Gasteiger partial charge in [-0.1, -0.05) is 30.3 Å². The van der Waals surface area contributed by atoms with Crippen molar-refractivity contribution in [2.75, 3.05) is 16.8 Å². The number of aromatic nitrogens is 2. The van der Waals surface area contributed by atoms with E-state index in [1.165, 1.54) is 17.0 Å². The molecule has 32 heavy (non-hydrogen) atoms. The molecule has 1 aliphatic heterocycles. The first-order chi connectivity index (χ1) is 15.5. The molecule has 7 heteroatoms. The van der Waals surface area contributed by atoms with Crippen LogP contribution in [0.3, 0.4) is 0 Å². The number of amides is 2. The molecule has 1 aliphatic rings. The Morgan fingerprint density at radius 2 is 1.97 bits per heavy atom. The molecule has 0 saturated carbocycles. The van der Waals surface area contributed by atoms with Crippen LogP contribution < -0.4 is 10.2 Å². The number of pyridine rings is 1. The Labute approximate surface area is 184 Å². The molecule has 4 aromatic rings. The molecule has 1 unspecified atom stereocenters. The number of para-hydroxylation sites is 1. The number of fused-ring (bicyclic) bond motifs is 1. The topological polar surface area (TPSA) is 66.7 Å². The van der Waals surface area contributed by atoms with Crippen LogP contribution in [0.25, 0.3) is 16.9 Å². The summed E-state index contributed by atoms with van der Waals surface area (Å²) in [6.07, 6.45) is 3.95. The van der Waals surface area contributed by atoms with E-state index >= 15 is 0 Å². The molecule has 0 aliphatic carbocycles. The number of imidazole rings is 1. The molecule has 160 valence electrons.